The number of nitrogens with one attached hydrogen (secondary N) is 1. The number of benzene rings is 1. The minimum atomic E-state index is -1.13. The van der Waals surface area contributed by atoms with Crippen molar-refractivity contribution in [3.8, 4) is 5.75 Å². The molecule has 1 atom stereocenters. The lowest BCUT2D eigenvalue weighted by Crippen LogP contribution is -2.50. The predicted molar refractivity (Wildman–Crippen MR) is 89.3 cm³/mol. The van der Waals surface area contributed by atoms with Crippen LogP contribution in [0.1, 0.15) is 20.3 Å². The highest BCUT2D eigenvalue weighted by molar-refractivity contribution is 5.90. The molecular weight excluding hydrogens is 331 g/mol. The Morgan fingerprint density at radius 3 is 2.88 bits per heavy atom. The number of urea groups is 1. The maximum absolute atomic E-state index is 14.1. The normalized spacial score (nSPS) is 17.4. The molecule has 7 nitrogen and oxygen atoms in total. The molecular formula is C17H23FN2O5. The van der Waals surface area contributed by atoms with Crippen molar-refractivity contribution in [3.63, 3.8) is 0 Å². The van der Waals surface area contributed by atoms with Crippen LogP contribution < -0.4 is 10.1 Å². The van der Waals surface area contributed by atoms with Crippen molar-refractivity contribution in [2.45, 2.75) is 26.4 Å². The van der Waals surface area contributed by atoms with Crippen LogP contribution in [0.4, 0.5) is 14.9 Å². The van der Waals surface area contributed by atoms with Crippen LogP contribution in [0.3, 0.4) is 0 Å². The molecule has 1 fully saturated rings. The summed E-state index contributed by atoms with van der Waals surface area (Å²) in [5, 5.41) is 11.4. The van der Waals surface area contributed by atoms with Crippen molar-refractivity contribution in [1.29, 1.82) is 0 Å². The summed E-state index contributed by atoms with van der Waals surface area (Å²) in [7, 11) is 0. The molecule has 2 amide bonds. The number of carbonyl (C=O) groups excluding carboxylic acids is 1. The molecule has 0 saturated carbocycles. The number of halogens is 1. The summed E-state index contributed by atoms with van der Waals surface area (Å²) in [6.45, 7) is 4.92. The molecule has 0 bridgehead atoms. The Morgan fingerprint density at radius 2 is 2.24 bits per heavy atom. The Balaban J connectivity index is 1.93. The topological polar surface area (TPSA) is 88.1 Å². The zero-order valence-electron chi connectivity index (χ0n) is 14.3. The smallest absolute Gasteiger partial charge is 0.334 e. The number of rotatable bonds is 6. The quantitative estimate of drug-likeness (QED) is 0.820. The van der Waals surface area contributed by atoms with Gasteiger partial charge in [0.05, 0.1) is 25.4 Å². The molecule has 0 aliphatic carbocycles. The number of hydrogen-bond acceptors (Lipinski definition) is 4. The van der Waals surface area contributed by atoms with E-state index in [9.17, 15) is 14.0 Å². The van der Waals surface area contributed by atoms with E-state index in [4.69, 9.17) is 14.6 Å². The summed E-state index contributed by atoms with van der Waals surface area (Å²) >= 11 is 0. The molecule has 0 radical (unpaired) electrons. The average molecular weight is 354 g/mol. The first-order valence-corrected chi connectivity index (χ1v) is 8.19. The first-order valence-electron chi connectivity index (χ1n) is 8.19. The maximum Gasteiger partial charge on any atom is 0.334 e. The SMILES string of the molecule is CC(C)CCOc1ccc(NC(=O)N2CCOC(C(=O)O)C2)c(F)c1. The Kier molecular flexibility index (Phi) is 6.58. The van der Waals surface area contributed by atoms with Crippen LogP contribution in [0.15, 0.2) is 18.2 Å². The van der Waals surface area contributed by atoms with Crippen molar-refractivity contribution < 1.29 is 28.6 Å². The number of carboxylic acid groups (broad SMARTS) is 1. The summed E-state index contributed by atoms with van der Waals surface area (Å²) in [4.78, 5) is 24.4. The third-order valence-electron chi connectivity index (χ3n) is 3.78. The van der Waals surface area contributed by atoms with Crippen LogP contribution in [0.5, 0.6) is 5.75 Å². The van der Waals surface area contributed by atoms with Gasteiger partial charge in [-0.15, -0.1) is 0 Å². The number of amides is 2. The molecule has 25 heavy (non-hydrogen) atoms. The Labute approximate surface area is 145 Å². The van der Waals surface area contributed by atoms with E-state index in [0.29, 0.717) is 18.3 Å². The number of carbonyl (C=O) groups is 2. The van der Waals surface area contributed by atoms with E-state index < -0.39 is 23.9 Å². The zero-order chi connectivity index (χ0) is 18.4. The van der Waals surface area contributed by atoms with Crippen LogP contribution in [-0.2, 0) is 9.53 Å². The summed E-state index contributed by atoms with van der Waals surface area (Å²) < 4.78 is 24.7. The molecule has 8 heteroatoms. The summed E-state index contributed by atoms with van der Waals surface area (Å²) in [5.74, 6) is -0.856. The molecule has 1 aliphatic heterocycles. The van der Waals surface area contributed by atoms with Gasteiger partial charge in [0.1, 0.15) is 11.6 Å². The minimum absolute atomic E-state index is 0.0135. The van der Waals surface area contributed by atoms with Crippen LogP contribution in [0, 0.1) is 11.7 Å². The van der Waals surface area contributed by atoms with Gasteiger partial charge in [0.15, 0.2) is 6.10 Å². The van der Waals surface area contributed by atoms with Gasteiger partial charge in [-0.25, -0.2) is 14.0 Å². The van der Waals surface area contributed by atoms with Gasteiger partial charge < -0.3 is 24.8 Å². The number of nitrogens with zero attached hydrogens (tertiary/aromatic N) is 1. The lowest BCUT2D eigenvalue weighted by atomic mass is 10.1. The molecule has 2 N–H and O–H groups in total. The highest BCUT2D eigenvalue weighted by atomic mass is 19.1. The standard InChI is InChI=1S/C17H23FN2O5/c1-11(2)5-7-24-12-3-4-14(13(18)9-12)19-17(23)20-6-8-25-15(10-20)16(21)22/h3-4,9,11,15H,5-8,10H2,1-2H3,(H,19,23)(H,21,22). The number of anilines is 1. The van der Waals surface area contributed by atoms with Crippen molar-refractivity contribution >= 4 is 17.7 Å². The van der Waals surface area contributed by atoms with E-state index in [1.165, 1.54) is 17.0 Å². The molecule has 0 aromatic heterocycles. The molecule has 138 valence electrons. The van der Waals surface area contributed by atoms with Gasteiger partial charge in [-0.3, -0.25) is 0 Å². The highest BCUT2D eigenvalue weighted by Crippen LogP contribution is 2.22. The molecule has 1 aromatic carbocycles. The third-order valence-corrected chi connectivity index (χ3v) is 3.78. The lowest BCUT2D eigenvalue weighted by Gasteiger charge is -2.30. The van der Waals surface area contributed by atoms with Gasteiger partial charge in [-0.05, 0) is 24.5 Å². The fraction of sp³-hybridized carbons (Fsp3) is 0.529. The van der Waals surface area contributed by atoms with Gasteiger partial charge >= 0.3 is 12.0 Å². The van der Waals surface area contributed by atoms with E-state index in [1.54, 1.807) is 6.07 Å². The monoisotopic (exact) mass is 354 g/mol. The van der Waals surface area contributed by atoms with Crippen LogP contribution in [-0.4, -0.2) is 54.4 Å². The van der Waals surface area contributed by atoms with Gasteiger partial charge in [-0.2, -0.15) is 0 Å². The molecule has 1 aliphatic rings. The number of hydrogen-bond donors (Lipinski definition) is 2. The largest absolute Gasteiger partial charge is 0.493 e. The molecule has 2 rings (SSSR count). The number of carboxylic acids is 1. The summed E-state index contributed by atoms with van der Waals surface area (Å²) in [6.07, 6.45) is -0.205. The first-order chi connectivity index (χ1) is 11.9. The average Bonchev–Trinajstić information content (AvgIpc) is 2.57. The summed E-state index contributed by atoms with van der Waals surface area (Å²) in [5.41, 5.74) is 0.0135. The zero-order valence-corrected chi connectivity index (χ0v) is 14.3. The Hall–Kier alpha value is -2.35. The maximum atomic E-state index is 14.1. The summed E-state index contributed by atoms with van der Waals surface area (Å²) in [6, 6.07) is 3.66. The van der Waals surface area contributed by atoms with Crippen molar-refractivity contribution in [1.82, 2.24) is 4.90 Å². The van der Waals surface area contributed by atoms with E-state index in [0.717, 1.165) is 6.42 Å². The van der Waals surface area contributed by atoms with E-state index in [-0.39, 0.29) is 25.4 Å². The van der Waals surface area contributed by atoms with E-state index >= 15 is 0 Å². The van der Waals surface area contributed by atoms with Crippen molar-refractivity contribution in [3.05, 3.63) is 24.0 Å². The van der Waals surface area contributed by atoms with Crippen LogP contribution in [0.2, 0.25) is 0 Å². The first kappa shape index (κ1) is 19.0. The molecule has 1 unspecified atom stereocenters. The Bertz CT molecular complexity index is 623. The minimum Gasteiger partial charge on any atom is -0.493 e. The molecule has 0 spiro atoms. The second-order valence-corrected chi connectivity index (χ2v) is 6.25. The van der Waals surface area contributed by atoms with Gasteiger partial charge in [-0.1, -0.05) is 13.8 Å². The highest BCUT2D eigenvalue weighted by Gasteiger charge is 2.29. The predicted octanol–water partition coefficient (Wildman–Crippen LogP) is 2.57. The number of aliphatic carboxylic acids is 1. The van der Waals surface area contributed by atoms with Crippen molar-refractivity contribution in [2.24, 2.45) is 5.92 Å². The molecule has 1 aromatic rings. The number of ether oxygens (including phenoxy) is 2. The fourth-order valence-electron chi connectivity index (χ4n) is 2.28. The van der Waals surface area contributed by atoms with E-state index in [2.05, 4.69) is 19.2 Å². The fourth-order valence-corrected chi connectivity index (χ4v) is 2.28. The number of morpholine rings is 1. The Morgan fingerprint density at radius 1 is 1.48 bits per heavy atom. The van der Waals surface area contributed by atoms with Crippen LogP contribution >= 0.6 is 0 Å². The third kappa shape index (κ3) is 5.60. The van der Waals surface area contributed by atoms with E-state index in [1.807, 2.05) is 0 Å². The lowest BCUT2D eigenvalue weighted by molar-refractivity contribution is -0.154. The molecule has 1 heterocycles. The second-order valence-electron chi connectivity index (χ2n) is 6.25. The molecule has 1 saturated heterocycles. The van der Waals surface area contributed by atoms with Gasteiger partial charge in [0.2, 0.25) is 0 Å². The van der Waals surface area contributed by atoms with Gasteiger partial charge in [0, 0.05) is 12.6 Å². The van der Waals surface area contributed by atoms with Crippen molar-refractivity contribution in [2.75, 3.05) is 31.6 Å². The second kappa shape index (κ2) is 8.66. The van der Waals surface area contributed by atoms with Crippen LogP contribution in [0.25, 0.3) is 0 Å². The van der Waals surface area contributed by atoms with Gasteiger partial charge in [0.25, 0.3) is 0 Å².